The number of aliphatic hydroxyl groups excluding tert-OH is 2. The zero-order chi connectivity index (χ0) is 29.1. The summed E-state index contributed by atoms with van der Waals surface area (Å²) in [5.74, 6) is 1.45. The van der Waals surface area contributed by atoms with Crippen molar-refractivity contribution in [2.24, 2.45) is 28.6 Å². The molecule has 3 saturated carbocycles. The van der Waals surface area contributed by atoms with E-state index in [9.17, 15) is 19.5 Å². The summed E-state index contributed by atoms with van der Waals surface area (Å²) in [6.07, 6.45) is 1.43. The van der Waals surface area contributed by atoms with Gasteiger partial charge in [-0.05, 0) is 62.0 Å². The Morgan fingerprint density at radius 2 is 2.00 bits per heavy atom. The van der Waals surface area contributed by atoms with Gasteiger partial charge in [0.25, 0.3) is 0 Å². The van der Waals surface area contributed by atoms with Crippen LogP contribution in [0.1, 0.15) is 50.6 Å². The van der Waals surface area contributed by atoms with Crippen molar-refractivity contribution in [1.82, 2.24) is 0 Å². The topological polar surface area (TPSA) is 114 Å². The fourth-order valence-electron chi connectivity index (χ4n) is 8.12. The van der Waals surface area contributed by atoms with E-state index in [0.717, 1.165) is 17.8 Å². The first-order valence-corrected chi connectivity index (χ1v) is 14.3. The van der Waals surface area contributed by atoms with E-state index in [2.05, 4.69) is 11.8 Å². The standard InChI is InChI=1S/C30H32F2O7S/c1-17-13-19-20-15-22(31)21-14-18(34)8-9-27(21,2)29(20,32)24(35)16-28(19,3)30(17,26(37)40-12-5-4-10-33)39-25(36)23-7-6-11-38-23/h6-9,11,14,17,19-20,22,24,33,35H,10,12-13,15-16H2,1-3H3/t17-,19?,20?,22+,24?,27+,28+,29+,30+/m1/s1. The Bertz CT molecular complexity index is 1350. The van der Waals surface area contributed by atoms with Gasteiger partial charge in [0.1, 0.15) is 12.8 Å². The third kappa shape index (κ3) is 3.81. The van der Waals surface area contributed by atoms with E-state index < -0.39 is 69.0 Å². The van der Waals surface area contributed by atoms with Crippen molar-refractivity contribution < 1.29 is 42.5 Å². The predicted octanol–water partition coefficient (Wildman–Crippen LogP) is 4.00. The van der Waals surface area contributed by atoms with Gasteiger partial charge >= 0.3 is 5.97 Å². The number of ketones is 1. The number of ether oxygens (including phenoxy) is 1. The number of carbonyl (C=O) groups excluding carboxylic acids is 3. The first-order chi connectivity index (χ1) is 18.9. The molecule has 9 atom stereocenters. The number of aliphatic hydroxyl groups is 2. The van der Waals surface area contributed by atoms with Crippen LogP contribution in [0.3, 0.4) is 0 Å². The highest BCUT2D eigenvalue weighted by Gasteiger charge is 2.78. The van der Waals surface area contributed by atoms with E-state index in [1.807, 2.05) is 0 Å². The summed E-state index contributed by atoms with van der Waals surface area (Å²) in [5.41, 5.74) is -6.96. The van der Waals surface area contributed by atoms with E-state index in [1.165, 1.54) is 37.5 Å². The number of esters is 1. The maximum atomic E-state index is 17.5. The fraction of sp³-hybridized carbons (Fsp3) is 0.567. The predicted molar refractivity (Wildman–Crippen MR) is 142 cm³/mol. The fourth-order valence-corrected chi connectivity index (χ4v) is 9.12. The lowest BCUT2D eigenvalue weighted by Gasteiger charge is -2.63. The Kier molecular flexibility index (Phi) is 7.17. The van der Waals surface area contributed by atoms with Gasteiger partial charge in [-0.15, -0.1) is 0 Å². The third-order valence-electron chi connectivity index (χ3n) is 9.93. The molecule has 3 fully saturated rings. The maximum absolute atomic E-state index is 17.5. The molecule has 0 spiro atoms. The summed E-state index contributed by atoms with van der Waals surface area (Å²) >= 11 is 0.819. The molecule has 3 unspecified atom stereocenters. The Labute approximate surface area is 235 Å². The van der Waals surface area contributed by atoms with Crippen LogP contribution in [0, 0.1) is 40.4 Å². The molecule has 5 rings (SSSR count). The summed E-state index contributed by atoms with van der Waals surface area (Å²) < 4.78 is 44.6. The second kappa shape index (κ2) is 9.97. The number of carbonyl (C=O) groups is 3. The van der Waals surface area contributed by atoms with Crippen molar-refractivity contribution >= 4 is 28.6 Å². The molecule has 4 aliphatic carbocycles. The van der Waals surface area contributed by atoms with Gasteiger partial charge in [0.2, 0.25) is 10.9 Å². The molecule has 0 saturated heterocycles. The first kappa shape index (κ1) is 28.8. The van der Waals surface area contributed by atoms with Gasteiger partial charge in [-0.3, -0.25) is 9.59 Å². The van der Waals surface area contributed by atoms with Gasteiger partial charge in [0.05, 0.1) is 18.1 Å². The Morgan fingerprint density at radius 3 is 2.67 bits per heavy atom. The summed E-state index contributed by atoms with van der Waals surface area (Å²) in [6, 6.07) is 2.91. The van der Waals surface area contributed by atoms with Crippen molar-refractivity contribution in [2.45, 2.75) is 63.6 Å². The number of hydrogen-bond donors (Lipinski definition) is 2. The molecule has 1 aromatic heterocycles. The normalized spacial score (nSPS) is 41.6. The zero-order valence-electron chi connectivity index (χ0n) is 22.5. The second-order valence-electron chi connectivity index (χ2n) is 11.7. The summed E-state index contributed by atoms with van der Waals surface area (Å²) in [5, 5.41) is 20.1. The number of fused-ring (bicyclic) bond motifs is 5. The molecule has 0 bridgehead atoms. The van der Waals surface area contributed by atoms with Gasteiger partial charge in [-0.2, -0.15) is 0 Å². The Balaban J connectivity index is 1.61. The van der Waals surface area contributed by atoms with Crippen molar-refractivity contribution in [1.29, 1.82) is 0 Å². The van der Waals surface area contributed by atoms with Crippen LogP contribution >= 0.6 is 11.8 Å². The highest BCUT2D eigenvalue weighted by Crippen LogP contribution is 2.72. The molecule has 40 heavy (non-hydrogen) atoms. The smallest absolute Gasteiger partial charge is 0.375 e. The second-order valence-corrected chi connectivity index (χ2v) is 12.6. The minimum Gasteiger partial charge on any atom is -0.457 e. The van der Waals surface area contributed by atoms with Crippen LogP contribution < -0.4 is 0 Å². The quantitative estimate of drug-likeness (QED) is 0.410. The van der Waals surface area contributed by atoms with Gasteiger partial charge in [0, 0.05) is 22.7 Å². The molecule has 1 heterocycles. The van der Waals surface area contributed by atoms with Crippen molar-refractivity contribution in [2.75, 3.05) is 12.4 Å². The minimum absolute atomic E-state index is 0.0112. The van der Waals surface area contributed by atoms with Crippen LogP contribution in [-0.2, 0) is 14.3 Å². The Hall–Kier alpha value is -2.74. The molecule has 10 heteroatoms. The highest BCUT2D eigenvalue weighted by molar-refractivity contribution is 8.14. The molecule has 1 aromatic rings. The molecule has 0 aromatic carbocycles. The zero-order valence-corrected chi connectivity index (χ0v) is 23.3. The molecular formula is C30H32F2O7S. The highest BCUT2D eigenvalue weighted by atomic mass is 32.2. The van der Waals surface area contributed by atoms with E-state index >= 15 is 8.78 Å². The molecule has 2 N–H and O–H groups in total. The lowest BCUT2D eigenvalue weighted by molar-refractivity contribution is -0.221. The van der Waals surface area contributed by atoms with E-state index in [0.29, 0.717) is 0 Å². The van der Waals surface area contributed by atoms with Gasteiger partial charge in [-0.1, -0.05) is 43.5 Å². The SMILES string of the molecule is C[C@@H]1CC2C3C[C@H](F)C4=CC(=O)C=C[C@]4(C)[C@@]3(F)C(O)C[C@]2(C)[C@@]1(OC(=O)c1ccco1)C(=O)SCC#CCO. The summed E-state index contributed by atoms with van der Waals surface area (Å²) in [4.78, 5) is 39.4. The molecule has 7 nitrogen and oxygen atoms in total. The average Bonchev–Trinajstić information content (AvgIpc) is 3.52. The lowest BCUT2D eigenvalue weighted by Crippen LogP contribution is -2.70. The van der Waals surface area contributed by atoms with E-state index in [1.54, 1.807) is 13.8 Å². The van der Waals surface area contributed by atoms with Crippen LogP contribution in [0.2, 0.25) is 0 Å². The molecule has 0 amide bonds. The summed E-state index contributed by atoms with van der Waals surface area (Å²) in [6.45, 7) is 4.58. The summed E-state index contributed by atoms with van der Waals surface area (Å²) in [7, 11) is 0. The number of thioether (sulfide) groups is 1. The molecule has 0 radical (unpaired) electrons. The first-order valence-electron chi connectivity index (χ1n) is 13.3. The third-order valence-corrected chi connectivity index (χ3v) is 10.8. The van der Waals surface area contributed by atoms with Crippen LogP contribution in [-0.4, -0.2) is 63.0 Å². The van der Waals surface area contributed by atoms with E-state index in [4.69, 9.17) is 14.3 Å². The number of halogens is 2. The molecular weight excluding hydrogens is 542 g/mol. The Morgan fingerprint density at radius 1 is 1.25 bits per heavy atom. The van der Waals surface area contributed by atoms with Crippen molar-refractivity contribution in [3.63, 3.8) is 0 Å². The number of hydrogen-bond acceptors (Lipinski definition) is 8. The number of rotatable bonds is 4. The monoisotopic (exact) mass is 574 g/mol. The van der Waals surface area contributed by atoms with Crippen LogP contribution in [0.15, 0.2) is 46.6 Å². The largest absolute Gasteiger partial charge is 0.457 e. The van der Waals surface area contributed by atoms with E-state index in [-0.39, 0.29) is 43.0 Å². The number of allylic oxidation sites excluding steroid dienone is 4. The van der Waals surface area contributed by atoms with Gasteiger partial charge < -0.3 is 19.4 Å². The molecule has 4 aliphatic rings. The van der Waals surface area contributed by atoms with Gasteiger partial charge in [0.15, 0.2) is 17.1 Å². The van der Waals surface area contributed by atoms with Crippen LogP contribution in [0.25, 0.3) is 0 Å². The maximum Gasteiger partial charge on any atom is 0.375 e. The van der Waals surface area contributed by atoms with Crippen LogP contribution in [0.5, 0.6) is 0 Å². The molecule has 0 aliphatic heterocycles. The number of alkyl halides is 2. The molecule has 214 valence electrons. The lowest BCUT2D eigenvalue weighted by atomic mass is 9.44. The van der Waals surface area contributed by atoms with Crippen molar-refractivity contribution in [3.8, 4) is 11.8 Å². The van der Waals surface area contributed by atoms with Crippen LogP contribution in [0.4, 0.5) is 8.78 Å². The average molecular weight is 575 g/mol. The number of furan rings is 1. The van der Waals surface area contributed by atoms with Crippen molar-refractivity contribution in [3.05, 3.63) is 48.0 Å². The van der Waals surface area contributed by atoms with Gasteiger partial charge in [-0.25, -0.2) is 13.6 Å². The minimum atomic E-state index is -2.33.